The van der Waals surface area contributed by atoms with Gasteiger partial charge in [-0.15, -0.1) is 0 Å². The summed E-state index contributed by atoms with van der Waals surface area (Å²) in [7, 11) is 0. The summed E-state index contributed by atoms with van der Waals surface area (Å²) in [6, 6.07) is 5.96. The number of halogens is 3. The minimum atomic E-state index is -4.54. The number of nitrogens with zero attached hydrogens (tertiary/aromatic N) is 3. The number of amides is 1. The molecule has 0 saturated carbocycles. The van der Waals surface area contributed by atoms with Gasteiger partial charge in [0.25, 0.3) is 0 Å². The Bertz CT molecular complexity index is 862. The lowest BCUT2D eigenvalue weighted by atomic mass is 10.1. The van der Waals surface area contributed by atoms with Gasteiger partial charge in [0, 0.05) is 18.4 Å². The quantitative estimate of drug-likeness (QED) is 0.829. The highest BCUT2D eigenvalue weighted by atomic mass is 19.4. The highest BCUT2D eigenvalue weighted by Gasteiger charge is 2.33. The number of hydrogen-bond acceptors (Lipinski definition) is 5. The molecule has 6 nitrogen and oxygen atoms in total. The summed E-state index contributed by atoms with van der Waals surface area (Å²) in [4.78, 5) is 21.1. The second-order valence-corrected chi connectivity index (χ2v) is 7.11. The Morgan fingerprint density at radius 2 is 1.96 bits per heavy atom. The van der Waals surface area contributed by atoms with Crippen LogP contribution in [0.1, 0.15) is 32.0 Å². The number of fused-ring (bicyclic) bond motifs is 1. The fourth-order valence-corrected chi connectivity index (χ4v) is 2.69. The Kier molecular flexibility index (Phi) is 4.71. The van der Waals surface area contributed by atoms with Crippen LogP contribution in [-0.2, 0) is 17.3 Å². The van der Waals surface area contributed by atoms with Crippen molar-refractivity contribution in [2.24, 2.45) is 0 Å². The molecule has 0 bridgehead atoms. The van der Waals surface area contributed by atoms with Crippen LogP contribution in [0.15, 0.2) is 30.5 Å². The highest BCUT2D eigenvalue weighted by molar-refractivity contribution is 5.91. The molecule has 1 aliphatic heterocycles. The summed E-state index contributed by atoms with van der Waals surface area (Å²) >= 11 is 0. The molecule has 0 atom stereocenters. The van der Waals surface area contributed by atoms with Gasteiger partial charge in [-0.1, -0.05) is 0 Å². The molecule has 0 radical (unpaired) electrons. The average Bonchev–Trinajstić information content (AvgIpc) is 2.96. The van der Waals surface area contributed by atoms with Crippen molar-refractivity contribution in [1.29, 1.82) is 0 Å². The fourth-order valence-electron chi connectivity index (χ4n) is 2.69. The molecule has 0 unspecified atom stereocenters. The van der Waals surface area contributed by atoms with Crippen molar-refractivity contribution in [3.63, 3.8) is 0 Å². The van der Waals surface area contributed by atoms with Gasteiger partial charge in [0.15, 0.2) is 0 Å². The Morgan fingerprint density at radius 3 is 2.63 bits per heavy atom. The van der Waals surface area contributed by atoms with Crippen LogP contribution in [-0.4, -0.2) is 28.2 Å². The molecule has 144 valence electrons. The molecule has 1 aromatic carbocycles. The molecule has 0 fully saturated rings. The molecule has 1 amide bonds. The van der Waals surface area contributed by atoms with E-state index in [1.165, 1.54) is 0 Å². The number of aromatic nitrogens is 2. The molecule has 1 aromatic heterocycles. The predicted molar refractivity (Wildman–Crippen MR) is 94.0 cm³/mol. The standard InChI is InChI=1S/C18H19F3N4O2/c1-17(2,3)27-16(26)25-9-7-11-10-12(4-5-13(11)25)23-15-22-8-6-14(24-15)18(19,20)21/h4-6,8,10H,7,9H2,1-3H3,(H,22,23,24). The molecule has 27 heavy (non-hydrogen) atoms. The Morgan fingerprint density at radius 1 is 1.22 bits per heavy atom. The summed E-state index contributed by atoms with van der Waals surface area (Å²) in [6.45, 7) is 5.87. The molecular formula is C18H19F3N4O2. The first-order chi connectivity index (χ1) is 12.5. The molecule has 3 rings (SSSR count). The van der Waals surface area contributed by atoms with Crippen molar-refractivity contribution in [3.05, 3.63) is 41.7 Å². The van der Waals surface area contributed by atoms with Gasteiger partial charge in [-0.05, 0) is 57.0 Å². The lowest BCUT2D eigenvalue weighted by molar-refractivity contribution is -0.141. The first-order valence-electron chi connectivity index (χ1n) is 8.34. The number of carbonyl (C=O) groups excluding carboxylic acids is 1. The minimum Gasteiger partial charge on any atom is -0.443 e. The van der Waals surface area contributed by atoms with Crippen LogP contribution >= 0.6 is 0 Å². The van der Waals surface area contributed by atoms with Gasteiger partial charge in [0.2, 0.25) is 5.95 Å². The number of benzene rings is 1. The summed E-state index contributed by atoms with van der Waals surface area (Å²) in [5, 5.41) is 2.77. The lowest BCUT2D eigenvalue weighted by Gasteiger charge is -2.24. The van der Waals surface area contributed by atoms with E-state index in [2.05, 4.69) is 15.3 Å². The minimum absolute atomic E-state index is 0.147. The van der Waals surface area contributed by atoms with Crippen LogP contribution < -0.4 is 10.2 Å². The first kappa shape index (κ1) is 18.9. The van der Waals surface area contributed by atoms with Crippen molar-refractivity contribution in [2.45, 2.75) is 39.0 Å². The van der Waals surface area contributed by atoms with Gasteiger partial charge in [0.05, 0.1) is 5.69 Å². The largest absolute Gasteiger partial charge is 0.443 e. The monoisotopic (exact) mass is 380 g/mol. The maximum absolute atomic E-state index is 12.8. The number of nitrogens with one attached hydrogen (secondary N) is 1. The highest BCUT2D eigenvalue weighted by Crippen LogP contribution is 2.33. The van der Waals surface area contributed by atoms with Crippen LogP contribution in [0.25, 0.3) is 0 Å². The molecular weight excluding hydrogens is 361 g/mol. The summed E-state index contributed by atoms with van der Waals surface area (Å²) in [5.74, 6) is -0.147. The molecule has 2 aromatic rings. The van der Waals surface area contributed by atoms with Crippen molar-refractivity contribution < 1.29 is 22.7 Å². The second kappa shape index (κ2) is 6.71. The van der Waals surface area contributed by atoms with E-state index in [4.69, 9.17) is 4.74 Å². The van der Waals surface area contributed by atoms with Crippen LogP contribution in [0.2, 0.25) is 0 Å². The van der Waals surface area contributed by atoms with Crippen LogP contribution in [0.4, 0.5) is 35.3 Å². The molecule has 2 heterocycles. The third-order valence-electron chi connectivity index (χ3n) is 3.79. The maximum Gasteiger partial charge on any atom is 0.433 e. The average molecular weight is 380 g/mol. The predicted octanol–water partition coefficient (Wildman–Crippen LogP) is 4.54. The Balaban J connectivity index is 1.77. The number of ether oxygens (including phenoxy) is 1. The van der Waals surface area contributed by atoms with E-state index >= 15 is 0 Å². The van der Waals surface area contributed by atoms with Crippen molar-refractivity contribution in [1.82, 2.24) is 9.97 Å². The van der Waals surface area contributed by atoms with Crippen molar-refractivity contribution in [3.8, 4) is 0 Å². The first-order valence-corrected chi connectivity index (χ1v) is 8.34. The third-order valence-corrected chi connectivity index (χ3v) is 3.79. The fraction of sp³-hybridized carbons (Fsp3) is 0.389. The van der Waals surface area contributed by atoms with Gasteiger partial charge in [-0.3, -0.25) is 4.90 Å². The normalized spacial score (nSPS) is 14.1. The van der Waals surface area contributed by atoms with E-state index in [1.54, 1.807) is 43.9 Å². The molecule has 1 aliphatic rings. The zero-order chi connectivity index (χ0) is 19.8. The van der Waals surface area contributed by atoms with Crippen LogP contribution in [0.5, 0.6) is 0 Å². The Labute approximate surface area is 154 Å². The molecule has 0 saturated heterocycles. The topological polar surface area (TPSA) is 67.3 Å². The van der Waals surface area contributed by atoms with E-state index in [1.807, 2.05) is 0 Å². The van der Waals surface area contributed by atoms with Crippen molar-refractivity contribution >= 4 is 23.4 Å². The SMILES string of the molecule is CC(C)(C)OC(=O)N1CCc2cc(Nc3nccc(C(F)(F)F)n3)ccc21. The molecule has 9 heteroatoms. The van der Waals surface area contributed by atoms with E-state index in [0.29, 0.717) is 18.7 Å². The lowest BCUT2D eigenvalue weighted by Crippen LogP contribution is -2.35. The second-order valence-electron chi connectivity index (χ2n) is 7.11. The number of rotatable bonds is 2. The summed E-state index contributed by atoms with van der Waals surface area (Å²) in [6.07, 6.45) is -3.29. The number of hydrogen-bond donors (Lipinski definition) is 1. The van der Waals surface area contributed by atoms with Crippen LogP contribution in [0.3, 0.4) is 0 Å². The van der Waals surface area contributed by atoms with E-state index in [0.717, 1.165) is 23.5 Å². The van der Waals surface area contributed by atoms with E-state index in [9.17, 15) is 18.0 Å². The molecule has 0 aliphatic carbocycles. The van der Waals surface area contributed by atoms with Crippen molar-refractivity contribution in [2.75, 3.05) is 16.8 Å². The molecule has 1 N–H and O–H groups in total. The number of alkyl halides is 3. The van der Waals surface area contributed by atoms with E-state index < -0.39 is 23.6 Å². The zero-order valence-corrected chi connectivity index (χ0v) is 15.1. The van der Waals surface area contributed by atoms with Crippen LogP contribution in [0, 0.1) is 0 Å². The summed E-state index contributed by atoms with van der Waals surface area (Å²) in [5.41, 5.74) is 0.538. The van der Waals surface area contributed by atoms with Gasteiger partial charge in [-0.25, -0.2) is 14.8 Å². The Hall–Kier alpha value is -2.84. The van der Waals surface area contributed by atoms with Gasteiger partial charge in [-0.2, -0.15) is 13.2 Å². The van der Waals surface area contributed by atoms with Gasteiger partial charge < -0.3 is 10.1 Å². The smallest absolute Gasteiger partial charge is 0.433 e. The van der Waals surface area contributed by atoms with Gasteiger partial charge in [0.1, 0.15) is 11.3 Å². The third kappa shape index (κ3) is 4.47. The zero-order valence-electron chi connectivity index (χ0n) is 15.1. The van der Waals surface area contributed by atoms with E-state index in [-0.39, 0.29) is 5.95 Å². The number of carbonyl (C=O) groups is 1. The van der Waals surface area contributed by atoms with Gasteiger partial charge >= 0.3 is 12.3 Å². The summed E-state index contributed by atoms with van der Waals surface area (Å²) < 4.78 is 43.7. The molecule has 0 spiro atoms. The number of anilines is 3. The maximum atomic E-state index is 12.8.